The molecule has 3 aromatic carbocycles. The number of benzene rings is 3. The van der Waals surface area contributed by atoms with Gasteiger partial charge in [0.05, 0.1) is 10.7 Å². The molecule has 4 aromatic rings. The molecule has 0 unspecified atom stereocenters. The van der Waals surface area contributed by atoms with E-state index < -0.39 is 0 Å². The van der Waals surface area contributed by atoms with Crippen molar-refractivity contribution in [2.24, 2.45) is 0 Å². The highest BCUT2D eigenvalue weighted by Crippen LogP contribution is 2.31. The van der Waals surface area contributed by atoms with Gasteiger partial charge < -0.3 is 9.73 Å². The van der Waals surface area contributed by atoms with Gasteiger partial charge in [0.2, 0.25) is 5.89 Å². The van der Waals surface area contributed by atoms with Crippen molar-refractivity contribution < 1.29 is 9.21 Å². The monoisotopic (exact) mass is 404 g/mol. The first-order valence-corrected chi connectivity index (χ1v) is 9.90. The summed E-state index contributed by atoms with van der Waals surface area (Å²) < 4.78 is 5.90. The zero-order valence-electron chi connectivity index (χ0n) is 16.5. The summed E-state index contributed by atoms with van der Waals surface area (Å²) in [5, 5.41) is 3.36. The van der Waals surface area contributed by atoms with Gasteiger partial charge in [0, 0.05) is 11.1 Å². The largest absolute Gasteiger partial charge is 0.436 e. The molecule has 146 valence electrons. The lowest BCUT2D eigenvalue weighted by Crippen LogP contribution is -2.12. The third kappa shape index (κ3) is 4.03. The molecule has 0 radical (unpaired) electrons. The molecule has 1 aromatic heterocycles. The number of rotatable bonds is 4. The average Bonchev–Trinajstić information content (AvgIpc) is 3.12. The van der Waals surface area contributed by atoms with Crippen molar-refractivity contribution in [2.75, 3.05) is 5.32 Å². The van der Waals surface area contributed by atoms with Crippen molar-refractivity contribution in [1.82, 2.24) is 4.98 Å². The van der Waals surface area contributed by atoms with Crippen molar-refractivity contribution >= 4 is 34.3 Å². The Morgan fingerprint density at radius 1 is 1.03 bits per heavy atom. The molecule has 0 saturated carbocycles. The first kappa shape index (κ1) is 19.2. The number of anilines is 1. The second-order valence-corrected chi connectivity index (χ2v) is 7.61. The van der Waals surface area contributed by atoms with E-state index >= 15 is 0 Å². The normalized spacial score (nSPS) is 11.0. The summed E-state index contributed by atoms with van der Waals surface area (Å²) in [6.45, 7) is 6.04. The molecular weight excluding hydrogens is 384 g/mol. The van der Waals surface area contributed by atoms with Crippen molar-refractivity contribution in [2.45, 2.75) is 27.2 Å². The van der Waals surface area contributed by atoms with Crippen LogP contribution in [0.25, 0.3) is 22.6 Å². The average molecular weight is 405 g/mol. The summed E-state index contributed by atoms with van der Waals surface area (Å²) in [7, 11) is 0. The molecule has 1 heterocycles. The third-order valence-electron chi connectivity index (χ3n) is 4.81. The molecular formula is C24H21ClN2O2. The number of amides is 1. The minimum Gasteiger partial charge on any atom is -0.436 e. The van der Waals surface area contributed by atoms with Crippen LogP contribution in [0.1, 0.15) is 34.0 Å². The summed E-state index contributed by atoms with van der Waals surface area (Å²) in [6, 6.07) is 17.1. The molecule has 0 atom stereocenters. The van der Waals surface area contributed by atoms with E-state index in [1.165, 1.54) is 5.56 Å². The van der Waals surface area contributed by atoms with E-state index in [1.807, 2.05) is 56.3 Å². The first-order chi connectivity index (χ1) is 13.9. The Morgan fingerprint density at radius 3 is 2.52 bits per heavy atom. The number of aromatic nitrogens is 1. The second-order valence-electron chi connectivity index (χ2n) is 7.20. The molecule has 4 nitrogen and oxygen atoms in total. The van der Waals surface area contributed by atoms with Crippen LogP contribution in [0.5, 0.6) is 0 Å². The minimum absolute atomic E-state index is 0.207. The smallest absolute Gasteiger partial charge is 0.255 e. The van der Waals surface area contributed by atoms with Crippen molar-refractivity contribution in [3.8, 4) is 11.5 Å². The molecule has 0 aliphatic heterocycles. The SMILES string of the molecule is CCc1ccc2oc(-c3ccc(Cl)c(NC(=O)c4cc(C)cc(C)c4)c3)nc2c1. The van der Waals surface area contributed by atoms with Crippen molar-refractivity contribution in [1.29, 1.82) is 0 Å². The Kier molecular flexibility index (Phi) is 5.12. The fraction of sp³-hybridized carbons (Fsp3) is 0.167. The molecule has 0 aliphatic rings. The fourth-order valence-corrected chi connectivity index (χ4v) is 3.54. The van der Waals surface area contributed by atoms with E-state index in [0.29, 0.717) is 22.2 Å². The van der Waals surface area contributed by atoms with Crippen LogP contribution >= 0.6 is 11.6 Å². The predicted molar refractivity (Wildman–Crippen MR) is 118 cm³/mol. The number of aryl methyl sites for hydroxylation is 3. The maximum Gasteiger partial charge on any atom is 0.255 e. The van der Waals surface area contributed by atoms with Gasteiger partial charge in [0.15, 0.2) is 5.58 Å². The Morgan fingerprint density at radius 2 is 1.79 bits per heavy atom. The molecule has 0 spiro atoms. The van der Waals surface area contributed by atoms with Crippen LogP contribution in [-0.2, 0) is 6.42 Å². The fourth-order valence-electron chi connectivity index (χ4n) is 3.37. The molecule has 0 saturated heterocycles. The van der Waals surface area contributed by atoms with E-state index in [4.69, 9.17) is 16.0 Å². The van der Waals surface area contributed by atoms with Gasteiger partial charge in [-0.05, 0) is 68.3 Å². The molecule has 5 heteroatoms. The highest BCUT2D eigenvalue weighted by Gasteiger charge is 2.14. The molecule has 0 fully saturated rings. The van der Waals surface area contributed by atoms with Gasteiger partial charge in [-0.2, -0.15) is 0 Å². The van der Waals surface area contributed by atoms with Gasteiger partial charge >= 0.3 is 0 Å². The van der Waals surface area contributed by atoms with Crippen LogP contribution in [0.4, 0.5) is 5.69 Å². The lowest BCUT2D eigenvalue weighted by molar-refractivity contribution is 0.102. The van der Waals surface area contributed by atoms with Crippen molar-refractivity contribution in [3.63, 3.8) is 0 Å². The predicted octanol–water partition coefficient (Wildman–Crippen LogP) is 6.58. The van der Waals surface area contributed by atoms with E-state index in [1.54, 1.807) is 12.1 Å². The highest BCUT2D eigenvalue weighted by molar-refractivity contribution is 6.34. The summed E-state index contributed by atoms with van der Waals surface area (Å²) in [5.41, 5.74) is 6.68. The lowest BCUT2D eigenvalue weighted by Gasteiger charge is -2.10. The van der Waals surface area contributed by atoms with Crippen LogP contribution < -0.4 is 5.32 Å². The van der Waals surface area contributed by atoms with Gasteiger partial charge in [0.1, 0.15) is 5.52 Å². The van der Waals surface area contributed by atoms with Crippen LogP contribution in [-0.4, -0.2) is 10.9 Å². The van der Waals surface area contributed by atoms with Gasteiger partial charge in [-0.1, -0.05) is 41.8 Å². The number of hydrogen-bond acceptors (Lipinski definition) is 3. The number of nitrogens with one attached hydrogen (secondary N) is 1. The van der Waals surface area contributed by atoms with Crippen molar-refractivity contribution in [3.05, 3.63) is 81.9 Å². The summed E-state index contributed by atoms with van der Waals surface area (Å²) in [4.78, 5) is 17.3. The van der Waals surface area contributed by atoms with Crippen LogP contribution in [0.2, 0.25) is 5.02 Å². The minimum atomic E-state index is -0.207. The topological polar surface area (TPSA) is 55.1 Å². The number of carbonyl (C=O) groups excluding carboxylic acids is 1. The number of hydrogen-bond donors (Lipinski definition) is 1. The molecule has 4 rings (SSSR count). The Labute approximate surface area is 174 Å². The van der Waals surface area contributed by atoms with Gasteiger partial charge in [0.25, 0.3) is 5.91 Å². The lowest BCUT2D eigenvalue weighted by atomic mass is 10.1. The maximum absolute atomic E-state index is 12.7. The third-order valence-corrected chi connectivity index (χ3v) is 5.14. The molecule has 1 N–H and O–H groups in total. The molecule has 1 amide bonds. The highest BCUT2D eigenvalue weighted by atomic mass is 35.5. The van der Waals surface area contributed by atoms with E-state index in [0.717, 1.165) is 34.2 Å². The number of carbonyl (C=O) groups is 1. The molecule has 0 aliphatic carbocycles. The maximum atomic E-state index is 12.7. The van der Waals surface area contributed by atoms with Gasteiger partial charge in [-0.25, -0.2) is 4.98 Å². The Hall–Kier alpha value is -3.11. The van der Waals surface area contributed by atoms with Crippen LogP contribution in [0.15, 0.2) is 59.0 Å². The van der Waals surface area contributed by atoms with E-state index in [-0.39, 0.29) is 5.91 Å². The second kappa shape index (κ2) is 7.72. The van der Waals surface area contributed by atoms with Crippen LogP contribution in [0, 0.1) is 13.8 Å². The number of oxazole rings is 1. The number of nitrogens with zero attached hydrogens (tertiary/aromatic N) is 1. The first-order valence-electron chi connectivity index (χ1n) is 9.52. The molecule has 29 heavy (non-hydrogen) atoms. The summed E-state index contributed by atoms with van der Waals surface area (Å²) in [5.74, 6) is 0.285. The molecule has 0 bridgehead atoms. The summed E-state index contributed by atoms with van der Waals surface area (Å²) in [6.07, 6.45) is 0.938. The number of fused-ring (bicyclic) bond motifs is 1. The zero-order chi connectivity index (χ0) is 20.5. The van der Waals surface area contributed by atoms with E-state index in [2.05, 4.69) is 17.2 Å². The zero-order valence-corrected chi connectivity index (χ0v) is 17.3. The van der Waals surface area contributed by atoms with Gasteiger partial charge in [-0.3, -0.25) is 4.79 Å². The quantitative estimate of drug-likeness (QED) is 0.418. The standard InChI is InChI=1S/C24H21ClN2O2/c1-4-16-5-8-22-21(12-16)27-24(29-22)17-6-7-19(25)20(13-17)26-23(28)18-10-14(2)9-15(3)11-18/h5-13H,4H2,1-3H3,(H,26,28). The number of halogens is 1. The Bertz CT molecular complexity index is 1210. The Balaban J connectivity index is 1.66. The van der Waals surface area contributed by atoms with Crippen LogP contribution in [0.3, 0.4) is 0 Å². The van der Waals surface area contributed by atoms with Gasteiger partial charge in [-0.15, -0.1) is 0 Å². The summed E-state index contributed by atoms with van der Waals surface area (Å²) >= 11 is 6.33. The van der Waals surface area contributed by atoms with E-state index in [9.17, 15) is 4.79 Å².